The van der Waals surface area contributed by atoms with Gasteiger partial charge in [0.1, 0.15) is 11.9 Å². The molecule has 0 fully saturated rings. The molecule has 3 nitrogen and oxygen atoms in total. The van der Waals surface area contributed by atoms with E-state index in [1.807, 2.05) is 54.1 Å². The molecule has 1 atom stereocenters. The molecular weight excluding hydrogens is 248 g/mol. The molecule has 0 aliphatic carbocycles. The Balaban J connectivity index is 2.14. The van der Waals surface area contributed by atoms with Crippen LogP contribution in [0.2, 0.25) is 0 Å². The molecule has 2 aromatic carbocycles. The molecule has 1 aromatic heterocycles. The molecule has 98 valence electrons. The minimum absolute atomic E-state index is 0.622. The van der Waals surface area contributed by atoms with E-state index in [0.717, 1.165) is 33.8 Å². The standard InChI is InChI=1S/C17H14N2O/c1-11-6-7-15-14(10-11)16(20)12-4-2-3-5-13(12)17-18-8-9-19(15)17/h2-10,16,20H,1H3. The largest absolute Gasteiger partial charge is 0.384 e. The van der Waals surface area contributed by atoms with Crippen LogP contribution < -0.4 is 0 Å². The van der Waals surface area contributed by atoms with Gasteiger partial charge in [-0.25, -0.2) is 4.98 Å². The summed E-state index contributed by atoms with van der Waals surface area (Å²) in [7, 11) is 0. The maximum absolute atomic E-state index is 10.8. The normalized spacial score (nSPS) is 16.0. The van der Waals surface area contributed by atoms with Crippen molar-refractivity contribution >= 4 is 0 Å². The number of aromatic nitrogens is 2. The van der Waals surface area contributed by atoms with Crippen LogP contribution in [0.4, 0.5) is 0 Å². The molecule has 1 aliphatic heterocycles. The highest BCUT2D eigenvalue weighted by Crippen LogP contribution is 2.38. The van der Waals surface area contributed by atoms with Crippen molar-refractivity contribution in [1.82, 2.24) is 9.55 Å². The Labute approximate surface area is 117 Å². The average molecular weight is 262 g/mol. The first kappa shape index (κ1) is 11.4. The quantitative estimate of drug-likeness (QED) is 0.675. The van der Waals surface area contributed by atoms with Crippen LogP contribution in [0.25, 0.3) is 17.1 Å². The minimum Gasteiger partial charge on any atom is -0.384 e. The van der Waals surface area contributed by atoms with Crippen molar-refractivity contribution in [2.75, 3.05) is 0 Å². The van der Waals surface area contributed by atoms with E-state index in [4.69, 9.17) is 0 Å². The SMILES string of the molecule is Cc1ccc2c(c1)C(O)c1ccccc1-c1nccn1-2. The van der Waals surface area contributed by atoms with E-state index in [2.05, 4.69) is 11.1 Å². The van der Waals surface area contributed by atoms with Gasteiger partial charge in [0.25, 0.3) is 0 Å². The summed E-state index contributed by atoms with van der Waals surface area (Å²) in [5.74, 6) is 0.877. The van der Waals surface area contributed by atoms with Gasteiger partial charge < -0.3 is 5.11 Å². The molecule has 1 N–H and O–H groups in total. The van der Waals surface area contributed by atoms with Gasteiger partial charge in [-0.3, -0.25) is 4.57 Å². The van der Waals surface area contributed by atoms with E-state index in [1.54, 1.807) is 6.20 Å². The predicted molar refractivity (Wildman–Crippen MR) is 77.8 cm³/mol. The first-order valence-corrected chi connectivity index (χ1v) is 6.67. The lowest BCUT2D eigenvalue weighted by atomic mass is 9.96. The van der Waals surface area contributed by atoms with Gasteiger partial charge in [-0.15, -0.1) is 0 Å². The molecule has 20 heavy (non-hydrogen) atoms. The number of fused-ring (bicyclic) bond motifs is 5. The molecule has 0 spiro atoms. The monoisotopic (exact) mass is 262 g/mol. The number of aliphatic hydroxyl groups excluding tert-OH is 1. The molecule has 2 heterocycles. The first-order chi connectivity index (χ1) is 9.75. The fourth-order valence-electron chi connectivity index (χ4n) is 2.92. The van der Waals surface area contributed by atoms with E-state index in [-0.39, 0.29) is 0 Å². The lowest BCUT2D eigenvalue weighted by Crippen LogP contribution is -2.03. The van der Waals surface area contributed by atoms with E-state index in [1.165, 1.54) is 0 Å². The molecule has 3 aromatic rings. The highest BCUT2D eigenvalue weighted by atomic mass is 16.3. The van der Waals surface area contributed by atoms with Crippen LogP contribution in [0.5, 0.6) is 0 Å². The summed E-state index contributed by atoms with van der Waals surface area (Å²) in [4.78, 5) is 4.47. The number of aryl methyl sites for hydroxylation is 1. The number of hydrogen-bond donors (Lipinski definition) is 1. The van der Waals surface area contributed by atoms with E-state index < -0.39 is 6.10 Å². The smallest absolute Gasteiger partial charge is 0.144 e. The fourth-order valence-corrected chi connectivity index (χ4v) is 2.92. The van der Waals surface area contributed by atoms with Crippen molar-refractivity contribution < 1.29 is 5.11 Å². The minimum atomic E-state index is -0.622. The van der Waals surface area contributed by atoms with E-state index >= 15 is 0 Å². The van der Waals surface area contributed by atoms with Crippen LogP contribution in [0.3, 0.4) is 0 Å². The number of nitrogens with zero attached hydrogens (tertiary/aromatic N) is 2. The zero-order valence-corrected chi connectivity index (χ0v) is 11.1. The first-order valence-electron chi connectivity index (χ1n) is 6.67. The maximum Gasteiger partial charge on any atom is 0.144 e. The summed E-state index contributed by atoms with van der Waals surface area (Å²) >= 11 is 0. The van der Waals surface area contributed by atoms with Crippen LogP contribution in [0.1, 0.15) is 22.8 Å². The number of benzene rings is 2. The van der Waals surface area contributed by atoms with Crippen LogP contribution in [0, 0.1) is 6.92 Å². The summed E-state index contributed by atoms with van der Waals surface area (Å²) in [6.07, 6.45) is 3.12. The number of rotatable bonds is 0. The van der Waals surface area contributed by atoms with Crippen molar-refractivity contribution in [2.45, 2.75) is 13.0 Å². The van der Waals surface area contributed by atoms with Crippen LogP contribution >= 0.6 is 0 Å². The Morgan fingerprint density at radius 3 is 2.85 bits per heavy atom. The zero-order valence-electron chi connectivity index (χ0n) is 11.1. The van der Waals surface area contributed by atoms with Gasteiger partial charge in [0.15, 0.2) is 0 Å². The predicted octanol–water partition coefficient (Wildman–Crippen LogP) is 3.24. The Bertz CT molecular complexity index is 804. The Hall–Kier alpha value is -2.39. The Morgan fingerprint density at radius 2 is 1.95 bits per heavy atom. The summed E-state index contributed by atoms with van der Waals surface area (Å²) < 4.78 is 2.05. The number of imidazole rings is 1. The van der Waals surface area contributed by atoms with E-state index in [9.17, 15) is 5.11 Å². The summed E-state index contributed by atoms with van der Waals surface area (Å²) in [6, 6.07) is 14.1. The second-order valence-corrected chi connectivity index (χ2v) is 5.17. The molecule has 4 rings (SSSR count). The summed E-state index contributed by atoms with van der Waals surface area (Å²) in [6.45, 7) is 2.04. The van der Waals surface area contributed by atoms with Crippen molar-refractivity contribution in [2.24, 2.45) is 0 Å². The van der Waals surface area contributed by atoms with Gasteiger partial charge in [0.2, 0.25) is 0 Å². The fraction of sp³-hybridized carbons (Fsp3) is 0.118. The van der Waals surface area contributed by atoms with Crippen molar-refractivity contribution in [3.8, 4) is 17.1 Å². The molecule has 0 amide bonds. The van der Waals surface area contributed by atoms with Crippen LogP contribution in [0.15, 0.2) is 54.9 Å². The average Bonchev–Trinajstić information content (AvgIpc) is 2.92. The third-order valence-electron chi connectivity index (χ3n) is 3.87. The molecule has 1 aliphatic rings. The van der Waals surface area contributed by atoms with Crippen LogP contribution in [-0.2, 0) is 0 Å². The van der Waals surface area contributed by atoms with Gasteiger partial charge in [0.05, 0.1) is 5.69 Å². The third kappa shape index (κ3) is 1.47. The topological polar surface area (TPSA) is 38.1 Å². The third-order valence-corrected chi connectivity index (χ3v) is 3.87. The van der Waals surface area contributed by atoms with Crippen molar-refractivity contribution in [1.29, 1.82) is 0 Å². The highest BCUT2D eigenvalue weighted by Gasteiger charge is 2.25. The van der Waals surface area contributed by atoms with Crippen LogP contribution in [-0.4, -0.2) is 14.7 Å². The number of aliphatic hydroxyl groups is 1. The maximum atomic E-state index is 10.8. The van der Waals surface area contributed by atoms with Gasteiger partial charge in [-0.1, -0.05) is 42.0 Å². The van der Waals surface area contributed by atoms with Crippen molar-refractivity contribution in [3.63, 3.8) is 0 Å². The second-order valence-electron chi connectivity index (χ2n) is 5.17. The van der Waals surface area contributed by atoms with Gasteiger partial charge >= 0.3 is 0 Å². The Kier molecular flexibility index (Phi) is 2.32. The second kappa shape index (κ2) is 4.05. The molecule has 0 saturated carbocycles. The summed E-state index contributed by atoms with van der Waals surface area (Å²) in [5, 5.41) is 10.8. The molecular formula is C17H14N2O. The van der Waals surface area contributed by atoms with Gasteiger partial charge in [-0.2, -0.15) is 0 Å². The molecule has 1 unspecified atom stereocenters. The molecule has 0 radical (unpaired) electrons. The van der Waals surface area contributed by atoms with Gasteiger partial charge in [0, 0.05) is 23.5 Å². The Morgan fingerprint density at radius 1 is 1.10 bits per heavy atom. The zero-order chi connectivity index (χ0) is 13.7. The number of hydrogen-bond acceptors (Lipinski definition) is 2. The molecule has 0 saturated heterocycles. The lowest BCUT2D eigenvalue weighted by molar-refractivity contribution is 0.221. The molecule has 0 bridgehead atoms. The van der Waals surface area contributed by atoms with Crippen molar-refractivity contribution in [3.05, 3.63) is 71.5 Å². The van der Waals surface area contributed by atoms with Gasteiger partial charge in [-0.05, 0) is 18.6 Å². The van der Waals surface area contributed by atoms with E-state index in [0.29, 0.717) is 0 Å². The summed E-state index contributed by atoms with van der Waals surface area (Å²) in [5.41, 5.74) is 4.95. The lowest BCUT2D eigenvalue weighted by Gasteiger charge is -2.14. The molecule has 3 heteroatoms. The highest BCUT2D eigenvalue weighted by molar-refractivity contribution is 5.69.